The van der Waals surface area contributed by atoms with Gasteiger partial charge in [-0.15, -0.1) is 0 Å². The Hall–Kier alpha value is -3.15. The second kappa shape index (κ2) is 9.15. The number of piperidine rings is 1. The van der Waals surface area contributed by atoms with Crippen LogP contribution in [0.5, 0.6) is 5.75 Å². The van der Waals surface area contributed by atoms with Gasteiger partial charge in [-0.2, -0.15) is 0 Å². The average molecular weight is 437 g/mol. The van der Waals surface area contributed by atoms with Crippen molar-refractivity contribution in [1.29, 1.82) is 0 Å². The van der Waals surface area contributed by atoms with E-state index in [1.54, 1.807) is 24.3 Å². The van der Waals surface area contributed by atoms with Crippen molar-refractivity contribution in [3.63, 3.8) is 0 Å². The van der Waals surface area contributed by atoms with Gasteiger partial charge in [-0.05, 0) is 54.5 Å². The first-order valence-corrected chi connectivity index (χ1v) is 11.2. The molecule has 4 rings (SSSR count). The van der Waals surface area contributed by atoms with Crippen LogP contribution < -0.4 is 9.64 Å². The molecule has 2 heterocycles. The molecule has 1 saturated heterocycles. The van der Waals surface area contributed by atoms with Crippen molar-refractivity contribution in [2.75, 3.05) is 24.6 Å². The van der Waals surface area contributed by atoms with Crippen LogP contribution in [0.15, 0.2) is 54.2 Å². The molecule has 6 heteroatoms. The highest BCUT2D eigenvalue weighted by atomic mass is 19.1. The average Bonchev–Trinajstić information content (AvgIpc) is 3.04. The lowest BCUT2D eigenvalue weighted by atomic mass is 9.97. The van der Waals surface area contributed by atoms with E-state index in [2.05, 4.69) is 20.8 Å². The summed E-state index contributed by atoms with van der Waals surface area (Å²) >= 11 is 0. The molecule has 0 aliphatic carbocycles. The number of nitrogens with zero attached hydrogens (tertiary/aromatic N) is 2. The summed E-state index contributed by atoms with van der Waals surface area (Å²) < 4.78 is 20.3. The van der Waals surface area contributed by atoms with E-state index in [1.165, 1.54) is 12.1 Å². The molecule has 2 aliphatic heterocycles. The maximum Gasteiger partial charge on any atom is 0.282 e. The van der Waals surface area contributed by atoms with E-state index in [0.717, 1.165) is 17.7 Å². The van der Waals surface area contributed by atoms with Gasteiger partial charge in [0.1, 0.15) is 17.3 Å². The number of carbonyl (C=O) groups is 2. The van der Waals surface area contributed by atoms with E-state index < -0.39 is 17.6 Å². The molecule has 0 radical (unpaired) electrons. The minimum absolute atomic E-state index is 0.0164. The van der Waals surface area contributed by atoms with Crippen LogP contribution in [-0.2, 0) is 9.59 Å². The predicted octanol–water partition coefficient (Wildman–Crippen LogP) is 4.88. The summed E-state index contributed by atoms with van der Waals surface area (Å²) in [6, 6.07) is 13.1. The summed E-state index contributed by atoms with van der Waals surface area (Å²) in [5.41, 5.74) is 1.30. The smallest absolute Gasteiger partial charge is 0.282 e. The van der Waals surface area contributed by atoms with Crippen molar-refractivity contribution in [3.8, 4) is 5.75 Å². The number of ether oxygens (including phenoxy) is 1. The van der Waals surface area contributed by atoms with Gasteiger partial charge >= 0.3 is 0 Å². The standard InChI is InChI=1S/C26H29FN2O3/c1-17(2)16-32-20-10-8-19(9-11-20)23-24(28-14-12-18(3)13-15-28)26(31)29(25(23)30)22-7-5-4-6-21(22)27/h4-11,17-18H,12-16H2,1-3H3. The van der Waals surface area contributed by atoms with Crippen LogP contribution in [0.4, 0.5) is 10.1 Å². The minimum Gasteiger partial charge on any atom is -0.493 e. The van der Waals surface area contributed by atoms with Gasteiger partial charge < -0.3 is 9.64 Å². The molecule has 1 fully saturated rings. The van der Waals surface area contributed by atoms with E-state index in [0.29, 0.717) is 54.1 Å². The van der Waals surface area contributed by atoms with Crippen LogP contribution >= 0.6 is 0 Å². The summed E-state index contributed by atoms with van der Waals surface area (Å²) in [5.74, 6) is 0.115. The van der Waals surface area contributed by atoms with Gasteiger partial charge in [0, 0.05) is 13.1 Å². The van der Waals surface area contributed by atoms with E-state index in [4.69, 9.17) is 4.74 Å². The molecular weight excluding hydrogens is 407 g/mol. The monoisotopic (exact) mass is 436 g/mol. The van der Waals surface area contributed by atoms with E-state index in [9.17, 15) is 14.0 Å². The van der Waals surface area contributed by atoms with Gasteiger partial charge in [-0.1, -0.05) is 45.0 Å². The topological polar surface area (TPSA) is 49.9 Å². The fourth-order valence-electron chi connectivity index (χ4n) is 4.14. The van der Waals surface area contributed by atoms with Gasteiger partial charge in [-0.25, -0.2) is 9.29 Å². The Morgan fingerprint density at radius 3 is 2.28 bits per heavy atom. The Labute approximate surface area is 188 Å². The number of rotatable bonds is 6. The van der Waals surface area contributed by atoms with Crippen molar-refractivity contribution >= 4 is 23.1 Å². The Morgan fingerprint density at radius 1 is 1.00 bits per heavy atom. The fourth-order valence-corrected chi connectivity index (χ4v) is 4.14. The first-order valence-electron chi connectivity index (χ1n) is 11.2. The summed E-state index contributed by atoms with van der Waals surface area (Å²) in [6.07, 6.45) is 1.89. The third kappa shape index (κ3) is 4.27. The Bertz CT molecular complexity index is 1040. The van der Waals surface area contributed by atoms with Crippen LogP contribution in [0.1, 0.15) is 39.2 Å². The molecule has 0 bridgehead atoms. The molecular formula is C26H29FN2O3. The highest BCUT2D eigenvalue weighted by Gasteiger charge is 2.43. The summed E-state index contributed by atoms with van der Waals surface area (Å²) in [5, 5.41) is 0. The normalized spacial score (nSPS) is 17.7. The fraction of sp³-hybridized carbons (Fsp3) is 0.385. The molecule has 0 atom stereocenters. The lowest BCUT2D eigenvalue weighted by Gasteiger charge is -2.32. The third-order valence-electron chi connectivity index (χ3n) is 5.98. The number of anilines is 1. The first kappa shape index (κ1) is 22.1. The highest BCUT2D eigenvalue weighted by molar-refractivity contribution is 6.45. The molecule has 0 N–H and O–H groups in total. The zero-order valence-electron chi connectivity index (χ0n) is 18.8. The number of hydrogen-bond donors (Lipinski definition) is 0. The van der Waals surface area contributed by atoms with Gasteiger partial charge in [0.05, 0.1) is 17.9 Å². The van der Waals surface area contributed by atoms with E-state index in [-0.39, 0.29) is 5.69 Å². The lowest BCUT2D eigenvalue weighted by Crippen LogP contribution is -2.38. The van der Waals surface area contributed by atoms with E-state index in [1.807, 2.05) is 17.0 Å². The predicted molar refractivity (Wildman–Crippen MR) is 123 cm³/mol. The molecule has 0 unspecified atom stereocenters. The quantitative estimate of drug-likeness (QED) is 0.606. The number of carbonyl (C=O) groups excluding carboxylic acids is 2. The summed E-state index contributed by atoms with van der Waals surface area (Å²) in [4.78, 5) is 30.0. The minimum atomic E-state index is -0.598. The highest BCUT2D eigenvalue weighted by Crippen LogP contribution is 2.37. The van der Waals surface area contributed by atoms with Gasteiger partial charge in [0.25, 0.3) is 11.8 Å². The molecule has 168 valence electrons. The Kier molecular flexibility index (Phi) is 6.31. The van der Waals surface area contributed by atoms with Gasteiger partial charge in [0.2, 0.25) is 0 Å². The number of benzene rings is 2. The van der Waals surface area contributed by atoms with Crippen LogP contribution in [0.3, 0.4) is 0 Å². The van der Waals surface area contributed by atoms with Crippen molar-refractivity contribution in [3.05, 3.63) is 65.6 Å². The number of halogens is 1. The zero-order chi connectivity index (χ0) is 22.8. The third-order valence-corrected chi connectivity index (χ3v) is 5.98. The molecule has 0 aromatic heterocycles. The number of para-hydroxylation sites is 1. The number of imide groups is 1. The Balaban J connectivity index is 1.73. The number of amides is 2. The van der Waals surface area contributed by atoms with E-state index >= 15 is 0 Å². The number of likely N-dealkylation sites (tertiary alicyclic amines) is 1. The molecule has 2 aromatic rings. The molecule has 2 aromatic carbocycles. The van der Waals surface area contributed by atoms with Crippen LogP contribution in [0.2, 0.25) is 0 Å². The largest absolute Gasteiger partial charge is 0.493 e. The maximum absolute atomic E-state index is 14.5. The molecule has 0 spiro atoms. The van der Waals surface area contributed by atoms with Gasteiger partial charge in [-0.3, -0.25) is 9.59 Å². The first-order chi connectivity index (χ1) is 15.4. The van der Waals surface area contributed by atoms with Crippen LogP contribution in [-0.4, -0.2) is 36.4 Å². The molecule has 32 heavy (non-hydrogen) atoms. The number of hydrogen-bond acceptors (Lipinski definition) is 4. The van der Waals surface area contributed by atoms with Crippen molar-refractivity contribution in [2.24, 2.45) is 11.8 Å². The second-order valence-corrected chi connectivity index (χ2v) is 9.02. The molecule has 2 aliphatic rings. The molecule has 5 nitrogen and oxygen atoms in total. The SMILES string of the molecule is CC(C)COc1ccc(C2=C(N3CCC(C)CC3)C(=O)N(c3ccccc3F)C2=O)cc1. The zero-order valence-corrected chi connectivity index (χ0v) is 18.8. The maximum atomic E-state index is 14.5. The van der Waals surface area contributed by atoms with Crippen molar-refractivity contribution in [1.82, 2.24) is 4.90 Å². The van der Waals surface area contributed by atoms with Crippen LogP contribution in [0.25, 0.3) is 5.57 Å². The van der Waals surface area contributed by atoms with Gasteiger partial charge in [0.15, 0.2) is 0 Å². The molecule has 0 saturated carbocycles. The Morgan fingerprint density at radius 2 is 1.66 bits per heavy atom. The summed E-state index contributed by atoms with van der Waals surface area (Å²) in [7, 11) is 0. The second-order valence-electron chi connectivity index (χ2n) is 9.02. The molecule has 2 amide bonds. The van der Waals surface area contributed by atoms with Crippen molar-refractivity contribution < 1.29 is 18.7 Å². The summed E-state index contributed by atoms with van der Waals surface area (Å²) in [6.45, 7) is 8.32. The van der Waals surface area contributed by atoms with Crippen molar-refractivity contribution in [2.45, 2.75) is 33.6 Å². The lowest BCUT2D eigenvalue weighted by molar-refractivity contribution is -0.120. The van der Waals surface area contributed by atoms with Crippen LogP contribution in [0, 0.1) is 17.7 Å².